The number of hydrogen-bond acceptors (Lipinski definition) is 5. The van der Waals surface area contributed by atoms with Crippen LogP contribution in [0, 0.1) is 6.92 Å². The van der Waals surface area contributed by atoms with Crippen molar-refractivity contribution in [2.24, 2.45) is 0 Å². The third kappa shape index (κ3) is 2.94. The lowest BCUT2D eigenvalue weighted by molar-refractivity contribution is -0.139. The number of aliphatic carboxylic acids is 1. The molecule has 2 aromatic rings. The maximum atomic E-state index is 12.0. The van der Waals surface area contributed by atoms with Crippen LogP contribution in [0.4, 0.5) is 0 Å². The summed E-state index contributed by atoms with van der Waals surface area (Å²) >= 11 is 0.940. The lowest BCUT2D eigenvalue weighted by Crippen LogP contribution is -2.33. The number of aryl methyl sites for hydroxylation is 1. The van der Waals surface area contributed by atoms with Crippen LogP contribution in [-0.2, 0) is 4.79 Å². The Bertz CT molecular complexity index is 597. The number of carboxylic acids is 1. The number of carbonyl (C=O) groups is 2. The van der Waals surface area contributed by atoms with E-state index in [1.807, 2.05) is 0 Å². The molecule has 1 amide bonds. The zero-order valence-corrected chi connectivity index (χ0v) is 10.8. The van der Waals surface area contributed by atoms with Crippen LogP contribution in [0.1, 0.15) is 27.0 Å². The van der Waals surface area contributed by atoms with Crippen LogP contribution in [0.2, 0.25) is 0 Å². The average molecular weight is 277 g/mol. The summed E-state index contributed by atoms with van der Waals surface area (Å²) < 4.78 is 3.65. The van der Waals surface area contributed by atoms with Crippen molar-refractivity contribution in [2.45, 2.75) is 13.0 Å². The smallest absolute Gasteiger partial charge is 0.330 e. The fraction of sp³-hybridized carbons (Fsp3) is 0.167. The van der Waals surface area contributed by atoms with Crippen molar-refractivity contribution in [1.29, 1.82) is 0 Å². The van der Waals surface area contributed by atoms with Gasteiger partial charge in [-0.15, -0.1) is 5.10 Å². The minimum absolute atomic E-state index is 0.321. The van der Waals surface area contributed by atoms with Crippen LogP contribution in [0.3, 0.4) is 0 Å². The molecule has 0 aliphatic carbocycles. The summed E-state index contributed by atoms with van der Waals surface area (Å²) in [5.74, 6) is -1.60. The summed E-state index contributed by atoms with van der Waals surface area (Å²) in [5, 5.41) is 15.4. The predicted molar refractivity (Wildman–Crippen MR) is 68.9 cm³/mol. The fourth-order valence-electron chi connectivity index (χ4n) is 1.57. The molecule has 98 valence electrons. The van der Waals surface area contributed by atoms with Gasteiger partial charge in [-0.25, -0.2) is 4.79 Å². The summed E-state index contributed by atoms with van der Waals surface area (Å²) in [4.78, 5) is 23.5. The van der Waals surface area contributed by atoms with Gasteiger partial charge in [0.15, 0.2) is 6.04 Å². The molecule has 0 saturated carbocycles. The normalized spacial score (nSPS) is 11.8. The van der Waals surface area contributed by atoms with E-state index in [1.54, 1.807) is 37.3 Å². The van der Waals surface area contributed by atoms with E-state index >= 15 is 0 Å². The van der Waals surface area contributed by atoms with Gasteiger partial charge in [-0.3, -0.25) is 4.79 Å². The van der Waals surface area contributed by atoms with Crippen LogP contribution in [-0.4, -0.2) is 26.6 Å². The van der Waals surface area contributed by atoms with Crippen molar-refractivity contribution in [2.75, 3.05) is 0 Å². The first-order chi connectivity index (χ1) is 9.09. The Morgan fingerprint density at radius 3 is 2.53 bits per heavy atom. The van der Waals surface area contributed by atoms with Gasteiger partial charge in [0.2, 0.25) is 0 Å². The van der Waals surface area contributed by atoms with Crippen LogP contribution >= 0.6 is 11.5 Å². The molecule has 2 rings (SSSR count). The Morgan fingerprint density at radius 2 is 2.00 bits per heavy atom. The summed E-state index contributed by atoms with van der Waals surface area (Å²) in [5.41, 5.74) is 0.998. The molecule has 1 aromatic carbocycles. The van der Waals surface area contributed by atoms with E-state index in [2.05, 4.69) is 14.9 Å². The van der Waals surface area contributed by atoms with Gasteiger partial charge in [0.05, 0.1) is 5.69 Å². The third-order valence-corrected chi connectivity index (χ3v) is 3.34. The molecule has 0 aliphatic heterocycles. The number of aromatic nitrogens is 2. The first kappa shape index (κ1) is 13.2. The number of nitrogens with zero attached hydrogens (tertiary/aromatic N) is 2. The Kier molecular flexibility index (Phi) is 3.86. The SMILES string of the molecule is Cc1nnsc1C(=O)N[C@@H](C(=O)O)c1ccccc1. The molecule has 1 aromatic heterocycles. The van der Waals surface area contributed by atoms with Crippen molar-refractivity contribution in [3.8, 4) is 0 Å². The Labute approximate surface area is 113 Å². The fourth-order valence-corrected chi connectivity index (χ4v) is 2.13. The highest BCUT2D eigenvalue weighted by Crippen LogP contribution is 2.15. The number of rotatable bonds is 4. The number of carboxylic acid groups (broad SMARTS) is 1. The molecule has 1 atom stereocenters. The van der Waals surface area contributed by atoms with Gasteiger partial charge >= 0.3 is 5.97 Å². The van der Waals surface area contributed by atoms with Gasteiger partial charge in [0, 0.05) is 0 Å². The standard InChI is InChI=1S/C12H11N3O3S/c1-7-10(19-15-14-7)11(16)13-9(12(17)18)8-5-3-2-4-6-8/h2-6,9H,1H3,(H,13,16)(H,17,18)/t9-/m1/s1. The maximum absolute atomic E-state index is 12.0. The van der Waals surface area contributed by atoms with Gasteiger partial charge in [-0.05, 0) is 24.0 Å². The van der Waals surface area contributed by atoms with Gasteiger partial charge in [0.25, 0.3) is 5.91 Å². The molecule has 0 spiro atoms. The molecule has 2 N–H and O–H groups in total. The number of hydrogen-bond donors (Lipinski definition) is 2. The van der Waals surface area contributed by atoms with E-state index in [1.165, 1.54) is 0 Å². The molecule has 19 heavy (non-hydrogen) atoms. The minimum atomic E-state index is -1.12. The second-order valence-electron chi connectivity index (χ2n) is 3.84. The van der Waals surface area contributed by atoms with Crippen LogP contribution < -0.4 is 5.32 Å². The molecular formula is C12H11N3O3S. The third-order valence-electron chi connectivity index (χ3n) is 2.51. The molecule has 0 aliphatic rings. The van der Waals surface area contributed by atoms with E-state index in [0.717, 1.165) is 11.5 Å². The summed E-state index contributed by atoms with van der Waals surface area (Å²) in [6, 6.07) is 7.43. The molecule has 1 heterocycles. The first-order valence-corrected chi connectivity index (χ1v) is 6.24. The topological polar surface area (TPSA) is 92.2 Å². The second kappa shape index (κ2) is 5.57. The Hall–Kier alpha value is -2.28. The van der Waals surface area contributed by atoms with E-state index in [0.29, 0.717) is 16.1 Å². The molecule has 0 radical (unpaired) electrons. The van der Waals surface area contributed by atoms with Crippen LogP contribution in [0.15, 0.2) is 30.3 Å². The maximum Gasteiger partial charge on any atom is 0.330 e. The van der Waals surface area contributed by atoms with Gasteiger partial charge in [-0.2, -0.15) is 0 Å². The first-order valence-electron chi connectivity index (χ1n) is 5.47. The molecular weight excluding hydrogens is 266 g/mol. The van der Waals surface area contributed by atoms with Gasteiger partial charge in [-0.1, -0.05) is 34.8 Å². The molecule has 0 unspecified atom stereocenters. The molecule has 0 saturated heterocycles. The molecule has 0 fully saturated rings. The molecule has 7 heteroatoms. The molecule has 6 nitrogen and oxygen atoms in total. The lowest BCUT2D eigenvalue weighted by atomic mass is 10.1. The second-order valence-corrected chi connectivity index (χ2v) is 4.60. The zero-order valence-electron chi connectivity index (χ0n) is 10.0. The van der Waals surface area contributed by atoms with E-state index in [4.69, 9.17) is 0 Å². The summed E-state index contributed by atoms with van der Waals surface area (Å²) in [6.07, 6.45) is 0. The highest BCUT2D eigenvalue weighted by atomic mass is 32.1. The molecule has 0 bridgehead atoms. The number of carbonyl (C=O) groups excluding carboxylic acids is 1. The van der Waals surface area contributed by atoms with Crippen molar-refractivity contribution in [1.82, 2.24) is 14.9 Å². The zero-order chi connectivity index (χ0) is 13.8. The van der Waals surface area contributed by atoms with Gasteiger partial charge < -0.3 is 10.4 Å². The van der Waals surface area contributed by atoms with Crippen LogP contribution in [0.5, 0.6) is 0 Å². The van der Waals surface area contributed by atoms with Crippen molar-refractivity contribution in [3.05, 3.63) is 46.5 Å². The largest absolute Gasteiger partial charge is 0.479 e. The highest BCUT2D eigenvalue weighted by molar-refractivity contribution is 7.08. The number of benzene rings is 1. The van der Waals surface area contributed by atoms with Crippen molar-refractivity contribution < 1.29 is 14.7 Å². The monoisotopic (exact) mass is 277 g/mol. The Morgan fingerprint density at radius 1 is 1.32 bits per heavy atom. The lowest BCUT2D eigenvalue weighted by Gasteiger charge is -2.14. The average Bonchev–Trinajstić information content (AvgIpc) is 2.82. The Balaban J connectivity index is 2.21. The summed E-state index contributed by atoms with van der Waals surface area (Å²) in [6.45, 7) is 1.65. The van der Waals surface area contributed by atoms with Crippen molar-refractivity contribution >= 4 is 23.4 Å². The minimum Gasteiger partial charge on any atom is -0.479 e. The number of nitrogens with one attached hydrogen (secondary N) is 1. The van der Waals surface area contributed by atoms with E-state index in [-0.39, 0.29) is 0 Å². The van der Waals surface area contributed by atoms with Crippen molar-refractivity contribution in [3.63, 3.8) is 0 Å². The quantitative estimate of drug-likeness (QED) is 0.881. The highest BCUT2D eigenvalue weighted by Gasteiger charge is 2.24. The number of amides is 1. The van der Waals surface area contributed by atoms with Gasteiger partial charge in [0.1, 0.15) is 4.88 Å². The summed E-state index contributed by atoms with van der Waals surface area (Å²) in [7, 11) is 0. The van der Waals surface area contributed by atoms with Crippen LogP contribution in [0.25, 0.3) is 0 Å². The predicted octanol–water partition coefficient (Wildman–Crippen LogP) is 1.40. The van der Waals surface area contributed by atoms with E-state index < -0.39 is 17.9 Å². The van der Waals surface area contributed by atoms with E-state index in [9.17, 15) is 14.7 Å².